The van der Waals surface area contributed by atoms with Gasteiger partial charge >= 0.3 is 6.18 Å². The Morgan fingerprint density at radius 3 is 2.41 bits per heavy atom. The van der Waals surface area contributed by atoms with Crippen molar-refractivity contribution in [2.24, 2.45) is 0 Å². The number of benzene rings is 2. The van der Waals surface area contributed by atoms with Crippen LogP contribution in [0.25, 0.3) is 5.65 Å². The lowest BCUT2D eigenvalue weighted by Gasteiger charge is -2.09. The van der Waals surface area contributed by atoms with Gasteiger partial charge in [-0.2, -0.15) is 13.2 Å². The Labute approximate surface area is 194 Å². The largest absolute Gasteiger partial charge is 0.416 e. The van der Waals surface area contributed by atoms with Crippen molar-refractivity contribution in [3.63, 3.8) is 0 Å². The number of nitrogens with zero attached hydrogens (tertiary/aromatic N) is 3. The van der Waals surface area contributed by atoms with Crippen LogP contribution >= 0.6 is 11.8 Å². The topological polar surface area (TPSA) is 88.4 Å². The van der Waals surface area contributed by atoms with E-state index in [2.05, 4.69) is 20.8 Å². The summed E-state index contributed by atoms with van der Waals surface area (Å²) in [7, 11) is 0. The fourth-order valence-electron chi connectivity index (χ4n) is 2.94. The average Bonchev–Trinajstić information content (AvgIpc) is 3.20. The molecule has 2 amide bonds. The molecule has 0 aliphatic heterocycles. The number of carbonyl (C=O) groups is 2. The third kappa shape index (κ3) is 5.52. The van der Waals surface area contributed by atoms with Crippen LogP contribution in [0.15, 0.2) is 72.0 Å². The highest BCUT2D eigenvalue weighted by molar-refractivity contribution is 7.99. The van der Waals surface area contributed by atoms with Crippen molar-refractivity contribution in [3.8, 4) is 0 Å². The Hall–Kier alpha value is -3.93. The molecule has 2 aromatic carbocycles. The molecule has 2 heterocycles. The number of pyridine rings is 1. The predicted octanol–water partition coefficient (Wildman–Crippen LogP) is 4.87. The Morgan fingerprint density at radius 1 is 0.941 bits per heavy atom. The van der Waals surface area contributed by atoms with Gasteiger partial charge in [-0.1, -0.05) is 17.8 Å². The van der Waals surface area contributed by atoms with Gasteiger partial charge in [-0.25, -0.2) is 4.39 Å². The molecule has 0 fully saturated rings. The molecule has 174 valence electrons. The SMILES string of the molecule is O=C(CSc1nnc2ccc(C(=O)Nc3cccc(F)c3)cn12)Nc1ccc(C(F)(F)F)cc1. The molecule has 34 heavy (non-hydrogen) atoms. The number of halogens is 4. The first-order chi connectivity index (χ1) is 16.2. The van der Waals surface area contributed by atoms with Gasteiger partial charge in [0.05, 0.1) is 16.9 Å². The third-order valence-corrected chi connectivity index (χ3v) is 5.49. The summed E-state index contributed by atoms with van der Waals surface area (Å²) in [4.78, 5) is 24.8. The number of alkyl halides is 3. The summed E-state index contributed by atoms with van der Waals surface area (Å²) < 4.78 is 52.8. The highest BCUT2D eigenvalue weighted by atomic mass is 32.2. The minimum atomic E-state index is -4.46. The molecule has 0 aliphatic carbocycles. The maximum Gasteiger partial charge on any atom is 0.416 e. The quantitative estimate of drug-likeness (QED) is 0.298. The van der Waals surface area contributed by atoms with Gasteiger partial charge in [-0.15, -0.1) is 10.2 Å². The zero-order valence-electron chi connectivity index (χ0n) is 17.1. The highest BCUT2D eigenvalue weighted by Crippen LogP contribution is 2.30. The van der Waals surface area contributed by atoms with E-state index < -0.39 is 29.4 Å². The van der Waals surface area contributed by atoms with E-state index in [0.29, 0.717) is 16.5 Å². The summed E-state index contributed by atoms with van der Waals surface area (Å²) in [5.41, 5.74) is 0.400. The fraction of sp³-hybridized carbons (Fsp3) is 0.0909. The summed E-state index contributed by atoms with van der Waals surface area (Å²) >= 11 is 1.03. The predicted molar refractivity (Wildman–Crippen MR) is 118 cm³/mol. The van der Waals surface area contributed by atoms with Gasteiger partial charge in [0.1, 0.15) is 5.82 Å². The lowest BCUT2D eigenvalue weighted by molar-refractivity contribution is -0.137. The van der Waals surface area contributed by atoms with Gasteiger partial charge < -0.3 is 10.6 Å². The lowest BCUT2D eigenvalue weighted by Crippen LogP contribution is -2.15. The molecule has 4 aromatic rings. The maximum atomic E-state index is 13.3. The first kappa shape index (κ1) is 23.2. The van der Waals surface area contributed by atoms with Crippen molar-refractivity contribution in [3.05, 3.63) is 83.8 Å². The number of carbonyl (C=O) groups excluding carboxylic acids is 2. The Balaban J connectivity index is 1.41. The fourth-order valence-corrected chi connectivity index (χ4v) is 3.66. The number of rotatable bonds is 6. The van der Waals surface area contributed by atoms with Crippen molar-refractivity contribution < 1.29 is 27.2 Å². The van der Waals surface area contributed by atoms with Crippen LogP contribution in [0.2, 0.25) is 0 Å². The lowest BCUT2D eigenvalue weighted by atomic mass is 10.2. The molecule has 0 spiro atoms. The van der Waals surface area contributed by atoms with Crippen LogP contribution in [0.1, 0.15) is 15.9 Å². The molecule has 0 unspecified atom stereocenters. The molecule has 0 radical (unpaired) electrons. The van der Waals surface area contributed by atoms with Crippen LogP contribution in [0.4, 0.5) is 28.9 Å². The third-order valence-electron chi connectivity index (χ3n) is 4.54. The summed E-state index contributed by atoms with van der Waals surface area (Å²) in [5.74, 6) is -1.51. The van der Waals surface area contributed by atoms with Crippen molar-refractivity contribution in [2.75, 3.05) is 16.4 Å². The number of fused-ring (bicyclic) bond motifs is 1. The molecule has 0 atom stereocenters. The Morgan fingerprint density at radius 2 is 1.71 bits per heavy atom. The second kappa shape index (κ2) is 9.51. The molecule has 7 nitrogen and oxygen atoms in total. The zero-order chi connectivity index (χ0) is 24.3. The normalized spacial score (nSPS) is 11.4. The Kier molecular flexibility index (Phi) is 6.50. The Bertz CT molecular complexity index is 1360. The van der Waals surface area contributed by atoms with Gasteiger partial charge in [0.25, 0.3) is 5.91 Å². The van der Waals surface area contributed by atoms with E-state index in [4.69, 9.17) is 0 Å². The second-order valence-electron chi connectivity index (χ2n) is 7.00. The maximum absolute atomic E-state index is 13.3. The second-order valence-corrected chi connectivity index (χ2v) is 7.95. The van der Waals surface area contributed by atoms with Crippen LogP contribution in [-0.2, 0) is 11.0 Å². The van der Waals surface area contributed by atoms with Crippen molar-refractivity contribution in [1.29, 1.82) is 0 Å². The van der Waals surface area contributed by atoms with E-state index in [0.717, 1.165) is 23.9 Å². The van der Waals surface area contributed by atoms with E-state index in [-0.39, 0.29) is 17.0 Å². The van der Waals surface area contributed by atoms with Crippen molar-refractivity contribution >= 4 is 40.6 Å². The van der Waals surface area contributed by atoms with E-state index in [1.54, 1.807) is 12.1 Å². The van der Waals surface area contributed by atoms with Gasteiger partial charge in [-0.05, 0) is 54.6 Å². The first-order valence-corrected chi connectivity index (χ1v) is 10.7. The molecule has 0 saturated carbocycles. The minimum absolute atomic E-state index is 0.0957. The summed E-state index contributed by atoms with van der Waals surface area (Å²) in [6.45, 7) is 0. The summed E-state index contributed by atoms with van der Waals surface area (Å²) in [6, 6.07) is 12.7. The number of aromatic nitrogens is 3. The number of hydrogen-bond acceptors (Lipinski definition) is 5. The van der Waals surface area contributed by atoms with Gasteiger partial charge in [-0.3, -0.25) is 14.0 Å². The summed E-state index contributed by atoms with van der Waals surface area (Å²) in [6.07, 6.45) is -2.97. The highest BCUT2D eigenvalue weighted by Gasteiger charge is 2.30. The van der Waals surface area contributed by atoms with Crippen LogP contribution in [0, 0.1) is 5.82 Å². The molecule has 0 aliphatic rings. The van der Waals surface area contributed by atoms with E-state index in [1.807, 2.05) is 0 Å². The van der Waals surface area contributed by atoms with Gasteiger partial charge in [0.15, 0.2) is 10.8 Å². The molecule has 2 N–H and O–H groups in total. The molecule has 12 heteroatoms. The number of thioether (sulfide) groups is 1. The molecular weight excluding hydrogens is 474 g/mol. The minimum Gasteiger partial charge on any atom is -0.325 e. The van der Waals surface area contributed by atoms with Crippen LogP contribution in [0.5, 0.6) is 0 Å². The molecule has 0 saturated heterocycles. The monoisotopic (exact) mass is 489 g/mol. The number of nitrogens with one attached hydrogen (secondary N) is 2. The molecule has 4 rings (SSSR count). The smallest absolute Gasteiger partial charge is 0.325 e. The van der Waals surface area contributed by atoms with Crippen molar-refractivity contribution in [2.45, 2.75) is 11.3 Å². The van der Waals surface area contributed by atoms with Crippen molar-refractivity contribution in [1.82, 2.24) is 14.6 Å². The van der Waals surface area contributed by atoms with E-state index in [9.17, 15) is 27.2 Å². The number of hydrogen-bond donors (Lipinski definition) is 2. The molecule has 2 aromatic heterocycles. The van der Waals surface area contributed by atoms with Gasteiger partial charge in [0.2, 0.25) is 5.91 Å². The van der Waals surface area contributed by atoms with Gasteiger partial charge in [0, 0.05) is 17.6 Å². The van der Waals surface area contributed by atoms with Crippen LogP contribution in [-0.4, -0.2) is 32.2 Å². The van der Waals surface area contributed by atoms with Crippen LogP contribution in [0.3, 0.4) is 0 Å². The number of anilines is 2. The number of amides is 2. The average molecular weight is 489 g/mol. The molecule has 0 bridgehead atoms. The van der Waals surface area contributed by atoms with E-state index >= 15 is 0 Å². The van der Waals surface area contributed by atoms with E-state index in [1.165, 1.54) is 47.0 Å². The first-order valence-electron chi connectivity index (χ1n) is 9.71. The van der Waals surface area contributed by atoms with Crippen LogP contribution < -0.4 is 10.6 Å². The standard InChI is InChI=1S/C22H15F4N5O2S/c23-15-2-1-3-17(10-15)28-20(33)13-4-9-18-29-30-21(31(18)11-13)34-12-19(32)27-16-7-5-14(6-8-16)22(24,25)26/h1-11H,12H2,(H,27,32)(H,28,33). The summed E-state index contributed by atoms with van der Waals surface area (Å²) in [5, 5.41) is 13.4. The zero-order valence-corrected chi connectivity index (χ0v) is 18.0. The molecular formula is C22H15F4N5O2S.